The summed E-state index contributed by atoms with van der Waals surface area (Å²) in [6.07, 6.45) is 3.32. The number of carbonyl (C=O) groups excluding carboxylic acids is 1. The number of nitrogens with one attached hydrogen (secondary N) is 2. The molecule has 3 heterocycles. The first kappa shape index (κ1) is 21.6. The van der Waals surface area contributed by atoms with Crippen LogP contribution in [-0.4, -0.2) is 41.5 Å². The van der Waals surface area contributed by atoms with Crippen LogP contribution in [0.2, 0.25) is 0 Å². The van der Waals surface area contributed by atoms with Crippen molar-refractivity contribution in [1.82, 2.24) is 24.5 Å². The summed E-state index contributed by atoms with van der Waals surface area (Å²) in [6.45, 7) is 1.44. The number of fused-ring (bicyclic) bond motifs is 2. The van der Waals surface area contributed by atoms with E-state index in [0.717, 1.165) is 10.9 Å². The van der Waals surface area contributed by atoms with E-state index in [1.165, 1.54) is 13.3 Å². The number of carbonyl (C=O) groups is 2. The van der Waals surface area contributed by atoms with Crippen LogP contribution in [0.3, 0.4) is 0 Å². The van der Waals surface area contributed by atoms with E-state index in [1.807, 2.05) is 6.07 Å². The molecule has 4 aromatic rings. The molecular formula is C23H23N7O4. The minimum Gasteiger partial charge on any atom is -0.481 e. The van der Waals surface area contributed by atoms with Crippen molar-refractivity contribution in [2.45, 2.75) is 38.6 Å². The van der Waals surface area contributed by atoms with Crippen molar-refractivity contribution in [1.29, 1.82) is 0 Å². The van der Waals surface area contributed by atoms with Crippen molar-refractivity contribution in [2.24, 2.45) is 5.92 Å². The van der Waals surface area contributed by atoms with Crippen molar-refractivity contribution < 1.29 is 14.7 Å². The van der Waals surface area contributed by atoms with Crippen LogP contribution in [0, 0.1) is 5.92 Å². The van der Waals surface area contributed by atoms with Crippen LogP contribution < -0.4 is 16.6 Å². The van der Waals surface area contributed by atoms with Crippen LogP contribution in [0.15, 0.2) is 35.4 Å². The molecule has 0 bridgehead atoms. The average Bonchev–Trinajstić information content (AvgIpc) is 3.22. The van der Waals surface area contributed by atoms with E-state index in [2.05, 4.69) is 25.3 Å². The van der Waals surface area contributed by atoms with Crippen LogP contribution in [0.4, 0.5) is 11.5 Å². The summed E-state index contributed by atoms with van der Waals surface area (Å²) in [5.74, 6) is -1.24. The van der Waals surface area contributed by atoms with Gasteiger partial charge in [0.15, 0.2) is 17.2 Å². The lowest BCUT2D eigenvalue weighted by molar-refractivity contribution is -0.143. The molecule has 0 aliphatic heterocycles. The molecule has 1 saturated carbocycles. The second kappa shape index (κ2) is 8.25. The fourth-order valence-corrected chi connectivity index (χ4v) is 4.67. The summed E-state index contributed by atoms with van der Waals surface area (Å²) in [5.41, 5.74) is 8.50. The molecular weight excluding hydrogens is 438 g/mol. The molecule has 0 radical (unpaired) electrons. The van der Waals surface area contributed by atoms with Crippen molar-refractivity contribution >= 4 is 45.4 Å². The number of benzene rings is 1. The number of nitrogens with zero attached hydrogens (tertiary/aromatic N) is 4. The first-order chi connectivity index (χ1) is 16.3. The normalized spacial score (nSPS) is 18.3. The van der Waals surface area contributed by atoms with E-state index in [9.17, 15) is 19.5 Å². The van der Waals surface area contributed by atoms with Crippen LogP contribution in [-0.2, 0) is 9.59 Å². The number of anilines is 2. The zero-order chi connectivity index (χ0) is 24.0. The number of nitrogens with two attached hydrogens (primary N) is 1. The molecule has 3 aromatic heterocycles. The SMILES string of the molecule is CC(=O)Nc1ccc2[nH]c(-c3nc4c(N)ncnc4n(C4CCC(C(=O)O)CC4)c3=O)cc2c1. The predicted molar refractivity (Wildman–Crippen MR) is 126 cm³/mol. The molecule has 11 nitrogen and oxygen atoms in total. The van der Waals surface area contributed by atoms with Gasteiger partial charge in [0.05, 0.1) is 11.6 Å². The quantitative estimate of drug-likeness (QED) is 0.359. The Hall–Kier alpha value is -4.28. The smallest absolute Gasteiger partial charge is 0.306 e. The number of nitrogen functional groups attached to an aromatic ring is 1. The first-order valence-corrected chi connectivity index (χ1v) is 11.0. The molecule has 1 aromatic carbocycles. The monoisotopic (exact) mass is 461 g/mol. The number of rotatable bonds is 4. The first-order valence-electron chi connectivity index (χ1n) is 11.0. The number of carboxylic acids is 1. The number of aliphatic carboxylic acids is 1. The third-order valence-electron chi connectivity index (χ3n) is 6.31. The molecule has 1 aliphatic carbocycles. The summed E-state index contributed by atoms with van der Waals surface area (Å²) in [7, 11) is 0. The molecule has 0 saturated heterocycles. The zero-order valence-corrected chi connectivity index (χ0v) is 18.4. The zero-order valence-electron chi connectivity index (χ0n) is 18.4. The topological polar surface area (TPSA) is 169 Å². The number of hydrogen-bond acceptors (Lipinski definition) is 7. The number of carboxylic acid groups (broad SMARTS) is 1. The molecule has 0 unspecified atom stereocenters. The Morgan fingerprint density at radius 3 is 2.65 bits per heavy atom. The van der Waals surface area contributed by atoms with Gasteiger partial charge in [-0.15, -0.1) is 0 Å². The Morgan fingerprint density at radius 2 is 1.94 bits per heavy atom. The van der Waals surface area contributed by atoms with Gasteiger partial charge in [0.25, 0.3) is 5.56 Å². The number of hydrogen-bond donors (Lipinski definition) is 4. The van der Waals surface area contributed by atoms with E-state index in [4.69, 9.17) is 5.73 Å². The Bertz CT molecular complexity index is 1500. The second-order valence-electron chi connectivity index (χ2n) is 8.58. The van der Waals surface area contributed by atoms with Gasteiger partial charge in [-0.25, -0.2) is 15.0 Å². The number of H-pyrrole nitrogens is 1. The van der Waals surface area contributed by atoms with Gasteiger partial charge in [0.1, 0.15) is 11.8 Å². The van der Waals surface area contributed by atoms with Gasteiger partial charge in [-0.3, -0.25) is 19.0 Å². The minimum atomic E-state index is -0.811. The lowest BCUT2D eigenvalue weighted by atomic mass is 9.86. The van der Waals surface area contributed by atoms with Gasteiger partial charge in [-0.1, -0.05) is 0 Å². The van der Waals surface area contributed by atoms with Gasteiger partial charge in [-0.2, -0.15) is 0 Å². The lowest BCUT2D eigenvalue weighted by Crippen LogP contribution is -2.32. The molecule has 34 heavy (non-hydrogen) atoms. The van der Waals surface area contributed by atoms with E-state index >= 15 is 0 Å². The Labute approximate surface area is 193 Å². The van der Waals surface area contributed by atoms with Crippen LogP contribution in [0.25, 0.3) is 33.5 Å². The second-order valence-corrected chi connectivity index (χ2v) is 8.58. The fourth-order valence-electron chi connectivity index (χ4n) is 4.67. The lowest BCUT2D eigenvalue weighted by Gasteiger charge is -2.28. The molecule has 0 spiro atoms. The highest BCUT2D eigenvalue weighted by Gasteiger charge is 2.30. The van der Waals surface area contributed by atoms with E-state index in [1.54, 1.807) is 22.8 Å². The van der Waals surface area contributed by atoms with Crippen LogP contribution >= 0.6 is 0 Å². The van der Waals surface area contributed by atoms with E-state index in [-0.39, 0.29) is 29.0 Å². The summed E-state index contributed by atoms with van der Waals surface area (Å²) in [6, 6.07) is 6.96. The maximum atomic E-state index is 13.7. The van der Waals surface area contributed by atoms with Crippen LogP contribution in [0.5, 0.6) is 0 Å². The van der Waals surface area contributed by atoms with Crippen molar-refractivity contribution in [3.05, 3.63) is 40.9 Å². The molecule has 174 valence electrons. The molecule has 11 heteroatoms. The van der Waals surface area contributed by atoms with Gasteiger partial charge >= 0.3 is 5.97 Å². The van der Waals surface area contributed by atoms with Crippen molar-refractivity contribution in [2.75, 3.05) is 11.1 Å². The molecule has 5 N–H and O–H groups in total. The number of aromatic amines is 1. The largest absolute Gasteiger partial charge is 0.481 e. The third kappa shape index (κ3) is 3.74. The minimum absolute atomic E-state index is 0.156. The molecule has 1 aliphatic rings. The van der Waals surface area contributed by atoms with Gasteiger partial charge < -0.3 is 21.1 Å². The predicted octanol–water partition coefficient (Wildman–Crippen LogP) is 2.69. The van der Waals surface area contributed by atoms with Gasteiger partial charge in [0, 0.05) is 29.6 Å². The van der Waals surface area contributed by atoms with E-state index in [0.29, 0.717) is 48.2 Å². The van der Waals surface area contributed by atoms with Gasteiger partial charge in [-0.05, 0) is 49.9 Å². The highest BCUT2D eigenvalue weighted by Crippen LogP contribution is 2.34. The fraction of sp³-hybridized carbons (Fsp3) is 0.304. The van der Waals surface area contributed by atoms with E-state index < -0.39 is 11.9 Å². The summed E-state index contributed by atoms with van der Waals surface area (Å²) in [5, 5.41) is 12.9. The van der Waals surface area contributed by atoms with Crippen molar-refractivity contribution in [3.63, 3.8) is 0 Å². The molecule has 1 fully saturated rings. The van der Waals surface area contributed by atoms with Crippen molar-refractivity contribution in [3.8, 4) is 11.4 Å². The Morgan fingerprint density at radius 1 is 1.18 bits per heavy atom. The third-order valence-corrected chi connectivity index (χ3v) is 6.31. The molecule has 0 atom stereocenters. The number of amides is 1. The average molecular weight is 461 g/mol. The highest BCUT2D eigenvalue weighted by atomic mass is 16.4. The summed E-state index contributed by atoms with van der Waals surface area (Å²) >= 11 is 0. The summed E-state index contributed by atoms with van der Waals surface area (Å²) < 4.78 is 1.59. The highest BCUT2D eigenvalue weighted by molar-refractivity contribution is 5.94. The molecule has 5 rings (SSSR count). The maximum absolute atomic E-state index is 13.7. The Kier molecular flexibility index (Phi) is 5.23. The summed E-state index contributed by atoms with van der Waals surface area (Å²) in [4.78, 5) is 52.6. The van der Waals surface area contributed by atoms with Gasteiger partial charge in [0.2, 0.25) is 5.91 Å². The standard InChI is InChI=1S/C23H23N7O4/c1-11(31)27-14-4-7-16-13(8-14)9-17(28-16)18-22(32)30(15-5-2-12(3-6-15)23(33)34)21-19(29-18)20(24)25-10-26-21/h4,7-10,12,15,28H,2-3,5-6H2,1H3,(H,27,31)(H,33,34)(H2,24,25,26). The van der Waals surface area contributed by atoms with Crippen LogP contribution in [0.1, 0.15) is 38.6 Å². The molecule has 1 amide bonds. The Balaban J connectivity index is 1.64. The number of aromatic nitrogens is 5. The maximum Gasteiger partial charge on any atom is 0.306 e.